The van der Waals surface area contributed by atoms with Crippen molar-refractivity contribution in [2.45, 2.75) is 53.1 Å². The molecule has 1 aromatic rings. The molecular weight excluding hydrogens is 268 g/mol. The Morgan fingerprint density at radius 2 is 2.10 bits per heavy atom. The maximum Gasteiger partial charge on any atom is 0.256 e. The minimum Gasteiger partial charge on any atom is -0.477 e. The summed E-state index contributed by atoms with van der Waals surface area (Å²) in [6.45, 7) is 10.5. The average molecular weight is 294 g/mol. The monoisotopic (exact) mass is 294 g/mol. The molecule has 0 radical (unpaired) electrons. The third-order valence-electron chi connectivity index (χ3n) is 3.08. The molecule has 5 nitrogen and oxygen atoms in total. The van der Waals surface area contributed by atoms with E-state index < -0.39 is 5.60 Å². The van der Waals surface area contributed by atoms with Gasteiger partial charge < -0.3 is 14.8 Å². The molecule has 0 spiro atoms. The smallest absolute Gasteiger partial charge is 0.256 e. The lowest BCUT2D eigenvalue weighted by molar-refractivity contribution is -0.136. The molecule has 0 bridgehead atoms. The van der Waals surface area contributed by atoms with Crippen LogP contribution in [0.3, 0.4) is 0 Å². The van der Waals surface area contributed by atoms with E-state index >= 15 is 0 Å². The summed E-state index contributed by atoms with van der Waals surface area (Å²) in [6, 6.07) is 1.86. The van der Waals surface area contributed by atoms with Crippen LogP contribution in [0.2, 0.25) is 0 Å². The predicted molar refractivity (Wildman–Crippen MR) is 83.7 cm³/mol. The van der Waals surface area contributed by atoms with Crippen molar-refractivity contribution in [2.75, 3.05) is 18.5 Å². The zero-order valence-electron chi connectivity index (χ0n) is 13.7. The van der Waals surface area contributed by atoms with Gasteiger partial charge in [-0.2, -0.15) is 0 Å². The van der Waals surface area contributed by atoms with Crippen LogP contribution in [0.15, 0.2) is 12.3 Å². The Bertz CT molecular complexity index is 473. The predicted octanol–water partition coefficient (Wildman–Crippen LogP) is 3.32. The van der Waals surface area contributed by atoms with Crippen LogP contribution in [0.25, 0.3) is 0 Å². The molecule has 0 aliphatic rings. The number of rotatable bonds is 8. The van der Waals surface area contributed by atoms with Gasteiger partial charge in [0.1, 0.15) is 5.60 Å². The molecule has 1 rings (SSSR count). The fourth-order valence-electron chi connectivity index (χ4n) is 1.80. The van der Waals surface area contributed by atoms with Crippen molar-refractivity contribution < 1.29 is 14.3 Å². The van der Waals surface area contributed by atoms with Gasteiger partial charge in [0.2, 0.25) is 5.88 Å². The van der Waals surface area contributed by atoms with Gasteiger partial charge in [0.25, 0.3) is 5.91 Å². The van der Waals surface area contributed by atoms with Crippen molar-refractivity contribution in [3.63, 3.8) is 0 Å². The van der Waals surface area contributed by atoms with Crippen molar-refractivity contribution in [3.05, 3.63) is 17.8 Å². The minimum atomic E-state index is -0.862. The highest BCUT2D eigenvalue weighted by atomic mass is 16.5. The third-order valence-corrected chi connectivity index (χ3v) is 3.08. The number of carbonyl (C=O) groups is 1. The minimum absolute atomic E-state index is 0.190. The van der Waals surface area contributed by atoms with E-state index in [1.807, 2.05) is 19.9 Å². The van der Waals surface area contributed by atoms with Gasteiger partial charge in [0, 0.05) is 12.2 Å². The van der Waals surface area contributed by atoms with Gasteiger partial charge in [0.05, 0.1) is 18.5 Å². The average Bonchev–Trinajstić information content (AvgIpc) is 2.41. The Morgan fingerprint density at radius 1 is 1.38 bits per heavy atom. The van der Waals surface area contributed by atoms with E-state index in [1.54, 1.807) is 20.0 Å². The largest absolute Gasteiger partial charge is 0.477 e. The second kappa shape index (κ2) is 7.98. The van der Waals surface area contributed by atoms with Crippen molar-refractivity contribution >= 4 is 11.6 Å². The first-order chi connectivity index (χ1) is 9.90. The summed E-state index contributed by atoms with van der Waals surface area (Å²) in [5.74, 6) is 0.427. The molecule has 1 amide bonds. The molecule has 1 aromatic heterocycles. The van der Waals surface area contributed by atoms with Crippen LogP contribution in [-0.2, 0) is 9.53 Å². The van der Waals surface area contributed by atoms with Gasteiger partial charge in [0.15, 0.2) is 0 Å². The highest BCUT2D eigenvalue weighted by molar-refractivity contribution is 5.96. The molecular formula is C16H26N2O3. The highest BCUT2D eigenvalue weighted by Gasteiger charge is 2.28. The maximum atomic E-state index is 12.1. The molecule has 0 fully saturated rings. The lowest BCUT2D eigenvalue weighted by Crippen LogP contribution is -2.39. The van der Waals surface area contributed by atoms with Crippen molar-refractivity contribution in [2.24, 2.45) is 0 Å². The number of carbonyl (C=O) groups excluding carboxylic acids is 1. The Balaban J connectivity index is 2.69. The molecule has 0 aromatic carbocycles. The molecule has 0 atom stereocenters. The van der Waals surface area contributed by atoms with Gasteiger partial charge in [-0.15, -0.1) is 0 Å². The quantitative estimate of drug-likeness (QED) is 0.747. The zero-order valence-corrected chi connectivity index (χ0v) is 13.7. The highest BCUT2D eigenvalue weighted by Crippen LogP contribution is 2.20. The van der Waals surface area contributed by atoms with Gasteiger partial charge >= 0.3 is 0 Å². The summed E-state index contributed by atoms with van der Waals surface area (Å²) in [6.07, 6.45) is 3.69. The number of pyridine rings is 1. The third kappa shape index (κ3) is 5.34. The van der Waals surface area contributed by atoms with Crippen molar-refractivity contribution in [3.8, 4) is 5.88 Å². The van der Waals surface area contributed by atoms with Crippen LogP contribution >= 0.6 is 0 Å². The molecule has 5 heteroatoms. The number of ether oxygens (including phenoxy) is 2. The molecule has 21 heavy (non-hydrogen) atoms. The van der Waals surface area contributed by atoms with Crippen LogP contribution in [0, 0.1) is 6.92 Å². The van der Waals surface area contributed by atoms with Gasteiger partial charge in [-0.05, 0) is 40.2 Å². The molecule has 118 valence electrons. The Kier molecular flexibility index (Phi) is 6.62. The number of hydrogen-bond donors (Lipinski definition) is 1. The Hall–Kier alpha value is -1.62. The summed E-state index contributed by atoms with van der Waals surface area (Å²) in [7, 11) is 0. The number of nitrogens with zero attached hydrogens (tertiary/aromatic N) is 1. The van der Waals surface area contributed by atoms with Crippen LogP contribution in [0.5, 0.6) is 5.88 Å². The summed E-state index contributed by atoms with van der Waals surface area (Å²) in [5, 5.41) is 2.82. The second-order valence-corrected chi connectivity index (χ2v) is 5.45. The van der Waals surface area contributed by atoms with Crippen molar-refractivity contribution in [1.82, 2.24) is 4.98 Å². The van der Waals surface area contributed by atoms with E-state index in [0.717, 1.165) is 18.4 Å². The number of nitrogens with one attached hydrogen (secondary N) is 1. The molecule has 0 unspecified atom stereocenters. The first-order valence-electron chi connectivity index (χ1n) is 7.45. The molecule has 0 aliphatic carbocycles. The topological polar surface area (TPSA) is 60.5 Å². The van der Waals surface area contributed by atoms with Gasteiger partial charge in [-0.3, -0.25) is 4.79 Å². The second-order valence-electron chi connectivity index (χ2n) is 5.45. The number of amides is 1. The lowest BCUT2D eigenvalue weighted by Gasteiger charge is -2.23. The van der Waals surface area contributed by atoms with Crippen molar-refractivity contribution in [1.29, 1.82) is 0 Å². The summed E-state index contributed by atoms with van der Waals surface area (Å²) >= 11 is 0. The first kappa shape index (κ1) is 17.4. The van der Waals surface area contributed by atoms with E-state index in [0.29, 0.717) is 24.8 Å². The van der Waals surface area contributed by atoms with Crippen LogP contribution in [-0.4, -0.2) is 29.7 Å². The molecule has 1 heterocycles. The molecule has 0 saturated heterocycles. The van der Waals surface area contributed by atoms with E-state index in [-0.39, 0.29) is 5.91 Å². The van der Waals surface area contributed by atoms with E-state index in [4.69, 9.17) is 9.47 Å². The fraction of sp³-hybridized carbons (Fsp3) is 0.625. The van der Waals surface area contributed by atoms with E-state index in [9.17, 15) is 4.79 Å². The Labute approximate surface area is 127 Å². The number of aromatic nitrogens is 1. The summed E-state index contributed by atoms with van der Waals surface area (Å²) in [5.41, 5.74) is 0.685. The lowest BCUT2D eigenvalue weighted by atomic mass is 10.1. The van der Waals surface area contributed by atoms with Crippen LogP contribution in [0.1, 0.15) is 46.1 Å². The number of anilines is 1. The molecule has 0 saturated carbocycles. The van der Waals surface area contributed by atoms with Gasteiger partial charge in [-0.25, -0.2) is 4.98 Å². The van der Waals surface area contributed by atoms with E-state index in [1.165, 1.54) is 0 Å². The number of aryl methyl sites for hydroxylation is 1. The summed E-state index contributed by atoms with van der Waals surface area (Å²) in [4.78, 5) is 16.4. The normalized spacial score (nSPS) is 11.3. The molecule has 1 N–H and O–H groups in total. The van der Waals surface area contributed by atoms with E-state index in [2.05, 4.69) is 17.2 Å². The number of hydrogen-bond acceptors (Lipinski definition) is 4. The van der Waals surface area contributed by atoms with Crippen LogP contribution < -0.4 is 10.1 Å². The standard InChI is InChI=1S/C16H26N2O3/c1-6-8-9-20-14-12(3)10-13(11-17-14)18-15(19)16(4,5)21-7-2/h10-11H,6-9H2,1-5H3,(H,18,19). The molecule has 0 aliphatic heterocycles. The number of unbranched alkanes of at least 4 members (excludes halogenated alkanes) is 1. The van der Waals surface area contributed by atoms with Crippen LogP contribution in [0.4, 0.5) is 5.69 Å². The fourth-order valence-corrected chi connectivity index (χ4v) is 1.80. The first-order valence-corrected chi connectivity index (χ1v) is 7.45. The summed E-state index contributed by atoms with van der Waals surface area (Å²) < 4.78 is 11.0. The maximum absolute atomic E-state index is 12.1. The Morgan fingerprint density at radius 3 is 2.67 bits per heavy atom. The van der Waals surface area contributed by atoms with Gasteiger partial charge in [-0.1, -0.05) is 13.3 Å². The zero-order chi connectivity index (χ0) is 15.9. The SMILES string of the molecule is CCCCOc1ncc(NC(=O)C(C)(C)OCC)cc1C.